The maximum absolute atomic E-state index is 12.8. The molecule has 3 fully saturated rings. The lowest BCUT2D eigenvalue weighted by atomic mass is 9.93. The van der Waals surface area contributed by atoms with Gasteiger partial charge in [-0.1, -0.05) is 0 Å². The third-order valence-corrected chi connectivity index (χ3v) is 6.20. The maximum Gasteiger partial charge on any atom is 0.274 e. The molecule has 2 N–H and O–H groups in total. The number of anilines is 2. The smallest absolute Gasteiger partial charge is 0.274 e. The molecule has 2 bridgehead atoms. The lowest BCUT2D eigenvalue weighted by molar-refractivity contribution is 0.102. The van der Waals surface area contributed by atoms with E-state index in [1.54, 1.807) is 22.0 Å². The summed E-state index contributed by atoms with van der Waals surface area (Å²) in [5, 5.41) is 22.1. The molecule has 3 aliphatic rings. The summed E-state index contributed by atoms with van der Waals surface area (Å²) in [5.74, 6) is 0.633. The molecule has 0 saturated carbocycles. The Morgan fingerprint density at radius 3 is 2.93 bits per heavy atom. The van der Waals surface area contributed by atoms with Crippen molar-refractivity contribution in [3.63, 3.8) is 0 Å². The number of aromatic nitrogens is 2. The van der Waals surface area contributed by atoms with Crippen LogP contribution in [-0.2, 0) is 0 Å². The van der Waals surface area contributed by atoms with Crippen LogP contribution in [0.25, 0.3) is 5.52 Å². The minimum atomic E-state index is -0.267. The van der Waals surface area contributed by atoms with E-state index in [0.29, 0.717) is 28.3 Å². The fourth-order valence-corrected chi connectivity index (χ4v) is 4.61. The number of carbonyl (C=O) groups excluding carboxylic acids is 1. The van der Waals surface area contributed by atoms with Crippen molar-refractivity contribution in [2.45, 2.75) is 24.9 Å². The molecule has 136 valence electrons. The third-order valence-electron chi connectivity index (χ3n) is 5.38. The Morgan fingerprint density at radius 2 is 2.19 bits per heavy atom. The monoisotopic (exact) mass is 378 g/mol. The fourth-order valence-electron chi connectivity index (χ4n) is 3.97. The molecule has 0 aliphatic carbocycles. The zero-order valence-electron chi connectivity index (χ0n) is 14.6. The number of nitriles is 1. The molecule has 27 heavy (non-hydrogen) atoms. The number of hydrogen-bond donors (Lipinski definition) is 2. The highest BCUT2D eigenvalue weighted by atomic mass is 32.1. The molecule has 3 aromatic heterocycles. The van der Waals surface area contributed by atoms with E-state index >= 15 is 0 Å². The molecule has 7 nitrogen and oxygen atoms in total. The summed E-state index contributed by atoms with van der Waals surface area (Å²) in [6, 6.07) is 12.5. The minimum absolute atomic E-state index is 0.267. The number of rotatable bonds is 3. The van der Waals surface area contributed by atoms with Gasteiger partial charge in [-0.05, 0) is 48.6 Å². The van der Waals surface area contributed by atoms with E-state index in [4.69, 9.17) is 10.4 Å². The van der Waals surface area contributed by atoms with Crippen LogP contribution in [0.4, 0.5) is 11.5 Å². The van der Waals surface area contributed by atoms with Crippen molar-refractivity contribution >= 4 is 34.3 Å². The molecule has 3 aromatic rings. The third kappa shape index (κ3) is 2.76. The molecule has 6 heterocycles. The van der Waals surface area contributed by atoms with Gasteiger partial charge in [-0.2, -0.15) is 5.26 Å². The first-order valence-electron chi connectivity index (χ1n) is 9.01. The van der Waals surface area contributed by atoms with Crippen molar-refractivity contribution < 1.29 is 4.79 Å². The summed E-state index contributed by atoms with van der Waals surface area (Å²) in [4.78, 5) is 15.6. The Balaban J connectivity index is 1.47. The van der Waals surface area contributed by atoms with Gasteiger partial charge in [0.15, 0.2) is 0 Å². The lowest BCUT2D eigenvalue weighted by Crippen LogP contribution is -2.61. The molecule has 2 atom stereocenters. The van der Waals surface area contributed by atoms with Crippen molar-refractivity contribution in [3.8, 4) is 6.07 Å². The van der Waals surface area contributed by atoms with Gasteiger partial charge in [-0.25, -0.2) is 4.52 Å². The molecule has 0 radical (unpaired) electrons. The zero-order valence-corrected chi connectivity index (χ0v) is 15.4. The van der Waals surface area contributed by atoms with Crippen LogP contribution in [0.2, 0.25) is 0 Å². The van der Waals surface area contributed by atoms with Crippen LogP contribution in [-0.4, -0.2) is 40.7 Å². The van der Waals surface area contributed by atoms with E-state index in [1.807, 2.05) is 18.2 Å². The van der Waals surface area contributed by atoms with Gasteiger partial charge in [0.2, 0.25) is 0 Å². The predicted molar refractivity (Wildman–Crippen MR) is 104 cm³/mol. The summed E-state index contributed by atoms with van der Waals surface area (Å²) in [7, 11) is 0. The number of nitrogens with one attached hydrogen (secondary N) is 2. The molecule has 6 rings (SSSR count). The van der Waals surface area contributed by atoms with Crippen LogP contribution >= 0.6 is 11.3 Å². The van der Waals surface area contributed by atoms with Crippen LogP contribution in [0.1, 0.15) is 28.2 Å². The fraction of sp³-hybridized carbons (Fsp3) is 0.316. The Bertz CT molecular complexity index is 1060. The van der Waals surface area contributed by atoms with Gasteiger partial charge in [0.05, 0.1) is 11.2 Å². The van der Waals surface area contributed by atoms with E-state index < -0.39 is 0 Å². The Morgan fingerprint density at radius 1 is 1.30 bits per heavy atom. The van der Waals surface area contributed by atoms with E-state index in [-0.39, 0.29) is 5.91 Å². The van der Waals surface area contributed by atoms with Gasteiger partial charge in [-0.15, -0.1) is 16.4 Å². The normalized spacial score (nSPS) is 21.4. The molecule has 3 aliphatic heterocycles. The number of hydrogen-bond acceptors (Lipinski definition) is 6. The van der Waals surface area contributed by atoms with Crippen LogP contribution in [0.5, 0.6) is 0 Å². The van der Waals surface area contributed by atoms with Gasteiger partial charge in [0, 0.05) is 25.2 Å². The first-order valence-corrected chi connectivity index (χ1v) is 9.88. The standard InChI is InChI=1S/C19H18N6OS/c20-9-17-15(7-8-27-17)22-19(26)16-5-3-13-4-6-18(23-25(13)16)24-11-12-1-2-14(24)10-21-12/h3-8,12,14,21H,1-2,10-11H2,(H,22,26)/t12-,14-/m0/s1. The van der Waals surface area contributed by atoms with Gasteiger partial charge in [-0.3, -0.25) is 4.79 Å². The molecular formula is C19H18N6OS. The highest BCUT2D eigenvalue weighted by Gasteiger charge is 2.34. The highest BCUT2D eigenvalue weighted by Crippen LogP contribution is 2.27. The number of amides is 1. The van der Waals surface area contributed by atoms with E-state index in [0.717, 1.165) is 24.4 Å². The van der Waals surface area contributed by atoms with Crippen LogP contribution in [0.15, 0.2) is 35.7 Å². The zero-order chi connectivity index (χ0) is 18.4. The van der Waals surface area contributed by atoms with Gasteiger partial charge in [0.25, 0.3) is 5.91 Å². The number of nitrogens with zero attached hydrogens (tertiary/aromatic N) is 4. The van der Waals surface area contributed by atoms with E-state index in [9.17, 15) is 4.79 Å². The van der Waals surface area contributed by atoms with Crippen LogP contribution < -0.4 is 15.5 Å². The topological polar surface area (TPSA) is 85.5 Å². The predicted octanol–water partition coefficient (Wildman–Crippen LogP) is 2.46. The molecule has 1 amide bonds. The van der Waals surface area contributed by atoms with Crippen molar-refractivity contribution in [1.29, 1.82) is 5.26 Å². The Kier molecular flexibility index (Phi) is 3.85. The summed E-state index contributed by atoms with van der Waals surface area (Å²) in [5.41, 5.74) is 1.87. The maximum atomic E-state index is 12.8. The second-order valence-electron chi connectivity index (χ2n) is 6.96. The Labute approximate surface area is 160 Å². The number of piperidine rings is 2. The first kappa shape index (κ1) is 16.3. The Hall–Kier alpha value is -2.89. The summed E-state index contributed by atoms with van der Waals surface area (Å²) in [6.07, 6.45) is 2.38. The SMILES string of the molecule is N#Cc1sccc1NC(=O)c1ccc2ccc(N3C[C@@H]4CC[C@H]3CN4)nn12. The molecule has 3 saturated heterocycles. The quantitative estimate of drug-likeness (QED) is 0.731. The number of carbonyl (C=O) groups is 1. The minimum Gasteiger partial charge on any atom is -0.349 e. The average molecular weight is 378 g/mol. The second-order valence-corrected chi connectivity index (χ2v) is 7.88. The van der Waals surface area contributed by atoms with Crippen LogP contribution in [0, 0.1) is 11.3 Å². The lowest BCUT2D eigenvalue weighted by Gasteiger charge is -2.46. The summed E-state index contributed by atoms with van der Waals surface area (Å²) >= 11 is 1.31. The molecular weight excluding hydrogens is 360 g/mol. The van der Waals surface area contributed by atoms with Crippen molar-refractivity contribution in [1.82, 2.24) is 14.9 Å². The van der Waals surface area contributed by atoms with Gasteiger partial charge in [0.1, 0.15) is 22.5 Å². The molecule has 8 heteroatoms. The number of fused-ring (bicyclic) bond motifs is 4. The molecule has 0 spiro atoms. The summed E-state index contributed by atoms with van der Waals surface area (Å²) < 4.78 is 1.69. The first-order chi connectivity index (χ1) is 13.2. The highest BCUT2D eigenvalue weighted by molar-refractivity contribution is 7.11. The number of piperazine rings is 1. The molecule has 0 aromatic carbocycles. The summed E-state index contributed by atoms with van der Waals surface area (Å²) in [6.45, 7) is 1.94. The van der Waals surface area contributed by atoms with Gasteiger partial charge < -0.3 is 15.5 Å². The van der Waals surface area contributed by atoms with Crippen LogP contribution in [0.3, 0.4) is 0 Å². The van der Waals surface area contributed by atoms with Crippen molar-refractivity contribution in [2.75, 3.05) is 23.3 Å². The van der Waals surface area contributed by atoms with Crippen molar-refractivity contribution in [2.24, 2.45) is 0 Å². The number of thiophene rings is 1. The average Bonchev–Trinajstić information content (AvgIpc) is 3.34. The van der Waals surface area contributed by atoms with Crippen molar-refractivity contribution in [3.05, 3.63) is 46.3 Å². The largest absolute Gasteiger partial charge is 0.349 e. The van der Waals surface area contributed by atoms with E-state index in [2.05, 4.69) is 21.6 Å². The second kappa shape index (κ2) is 6.37. The molecule has 0 unspecified atom stereocenters. The van der Waals surface area contributed by atoms with E-state index in [1.165, 1.54) is 24.2 Å². The van der Waals surface area contributed by atoms with Gasteiger partial charge >= 0.3 is 0 Å².